The number of aromatic nitrogens is 2. The van der Waals surface area contributed by atoms with Crippen LogP contribution in [0.15, 0.2) is 42.5 Å². The first-order chi connectivity index (χ1) is 10.9. The normalized spacial score (nSPS) is 11.1. The molecule has 0 aliphatic rings. The maximum atomic E-state index is 9.33. The highest BCUT2D eigenvalue weighted by molar-refractivity contribution is 7.80. The fourth-order valence-corrected chi connectivity index (χ4v) is 1.82. The molecule has 8 nitrogen and oxygen atoms in total. The topological polar surface area (TPSA) is 125 Å². The Hall–Kier alpha value is -2.33. The summed E-state index contributed by atoms with van der Waals surface area (Å²) in [5.74, 6) is 0.670. The van der Waals surface area contributed by atoms with Gasteiger partial charge < -0.3 is 4.74 Å². The van der Waals surface area contributed by atoms with Gasteiger partial charge in [0.05, 0.1) is 23.7 Å². The highest BCUT2D eigenvalue weighted by atomic mass is 32.3. The molecule has 1 aromatic heterocycles. The minimum Gasteiger partial charge on any atom is -0.476 e. The summed E-state index contributed by atoms with van der Waals surface area (Å²) >= 11 is 0. The van der Waals surface area contributed by atoms with Crippen LogP contribution in [0.25, 0.3) is 22.1 Å². The maximum Gasteiger partial charge on any atom is 0.397 e. The van der Waals surface area contributed by atoms with Crippen LogP contribution in [-0.2, 0) is 14.6 Å². The van der Waals surface area contributed by atoms with Gasteiger partial charge in [-0.15, -0.1) is 0 Å². The molecule has 0 radical (unpaired) electrons. The zero-order chi connectivity index (χ0) is 16.9. The molecule has 3 aromatic rings. The zero-order valence-electron chi connectivity index (χ0n) is 12.2. The number of hydrogen-bond acceptors (Lipinski definition) is 7. The van der Waals surface area contributed by atoms with E-state index in [0.29, 0.717) is 5.75 Å². The third-order valence-corrected chi connectivity index (χ3v) is 3.20. The van der Waals surface area contributed by atoms with Gasteiger partial charge in [-0.1, -0.05) is 18.2 Å². The summed E-state index contributed by atoms with van der Waals surface area (Å²) in [6.07, 6.45) is 0. The van der Waals surface area contributed by atoms with Crippen LogP contribution in [0, 0.1) is 0 Å². The van der Waals surface area contributed by atoms with E-state index in [0.717, 1.165) is 29.2 Å². The van der Waals surface area contributed by atoms with Gasteiger partial charge in [0.2, 0.25) is 0 Å². The highest BCUT2D eigenvalue weighted by Crippen LogP contribution is 2.24. The molecule has 0 spiro atoms. The number of fused-ring (bicyclic) bond motifs is 2. The van der Waals surface area contributed by atoms with E-state index in [1.54, 1.807) is 0 Å². The lowest BCUT2D eigenvalue weighted by molar-refractivity contribution is 0.324. The van der Waals surface area contributed by atoms with Gasteiger partial charge in [-0.3, -0.25) is 14.5 Å². The maximum absolute atomic E-state index is 9.33. The minimum atomic E-state index is -4.16. The number of ether oxygens (including phenoxy) is 1. The predicted octanol–water partition coefficient (Wildman–Crippen LogP) is 1.51. The lowest BCUT2D eigenvalue weighted by Crippen LogP contribution is -2.07. The Morgan fingerprint density at radius 2 is 1.61 bits per heavy atom. The summed E-state index contributed by atoms with van der Waals surface area (Å²) in [6, 6.07) is 13.4. The summed E-state index contributed by atoms with van der Waals surface area (Å²) in [4.78, 5) is 9.09. The molecule has 0 atom stereocenters. The van der Waals surface area contributed by atoms with Gasteiger partial charge in [-0.2, -0.15) is 8.42 Å². The smallest absolute Gasteiger partial charge is 0.397 e. The molecule has 0 saturated carbocycles. The molecule has 122 valence electrons. The standard InChI is InChI=1S/C13H11N3O.CH4O4S/c14-8-17-12-7-3-6-11-13(12)16-10-5-2-1-4-9(10)15-11;1-5-6(2,3)4/h1-7H,8,14H2;1H3,(H,2,3,4). The average molecular weight is 337 g/mol. The van der Waals surface area contributed by atoms with Crippen molar-refractivity contribution in [3.8, 4) is 5.75 Å². The molecular weight excluding hydrogens is 322 g/mol. The summed E-state index contributed by atoms with van der Waals surface area (Å²) in [6.45, 7) is 0.133. The van der Waals surface area contributed by atoms with E-state index in [2.05, 4.69) is 14.2 Å². The van der Waals surface area contributed by atoms with Crippen LogP contribution in [0.1, 0.15) is 0 Å². The lowest BCUT2D eigenvalue weighted by atomic mass is 10.2. The summed E-state index contributed by atoms with van der Waals surface area (Å²) in [7, 11) is -3.29. The molecule has 0 saturated heterocycles. The largest absolute Gasteiger partial charge is 0.476 e. The van der Waals surface area contributed by atoms with Crippen molar-refractivity contribution in [3.63, 3.8) is 0 Å². The van der Waals surface area contributed by atoms with E-state index >= 15 is 0 Å². The van der Waals surface area contributed by atoms with Crippen molar-refractivity contribution < 1.29 is 21.9 Å². The first-order valence-corrected chi connectivity index (χ1v) is 7.82. The SMILES string of the molecule is COS(=O)(=O)O.NCOc1cccc2nc3ccccc3nc12. The quantitative estimate of drug-likeness (QED) is 0.418. The Morgan fingerprint density at radius 1 is 1.04 bits per heavy atom. The second-order valence-electron chi connectivity index (χ2n) is 4.24. The van der Waals surface area contributed by atoms with Crippen molar-refractivity contribution in [3.05, 3.63) is 42.5 Å². The Bertz CT molecular complexity index is 915. The molecule has 0 bridgehead atoms. The first kappa shape index (κ1) is 17.0. The molecule has 3 N–H and O–H groups in total. The highest BCUT2D eigenvalue weighted by Gasteiger charge is 2.06. The average Bonchev–Trinajstić information content (AvgIpc) is 2.54. The van der Waals surface area contributed by atoms with E-state index < -0.39 is 10.4 Å². The second-order valence-corrected chi connectivity index (χ2v) is 5.43. The molecule has 0 aliphatic heterocycles. The molecular formula is C14H15N3O5S. The fourth-order valence-electron chi connectivity index (χ4n) is 1.82. The molecule has 0 aliphatic carbocycles. The van der Waals surface area contributed by atoms with E-state index in [1.807, 2.05) is 42.5 Å². The van der Waals surface area contributed by atoms with Gasteiger partial charge in [0.15, 0.2) is 0 Å². The molecule has 0 fully saturated rings. The van der Waals surface area contributed by atoms with E-state index in [4.69, 9.17) is 15.0 Å². The van der Waals surface area contributed by atoms with Crippen LogP contribution in [0.5, 0.6) is 5.75 Å². The van der Waals surface area contributed by atoms with Gasteiger partial charge in [-0.25, -0.2) is 9.97 Å². The second kappa shape index (κ2) is 7.29. The number of nitrogens with zero attached hydrogens (tertiary/aromatic N) is 2. The van der Waals surface area contributed by atoms with Gasteiger partial charge in [0.25, 0.3) is 0 Å². The Morgan fingerprint density at radius 3 is 2.17 bits per heavy atom. The van der Waals surface area contributed by atoms with Crippen molar-refractivity contribution in [2.75, 3.05) is 13.8 Å². The van der Waals surface area contributed by atoms with Gasteiger partial charge in [0, 0.05) is 0 Å². The monoisotopic (exact) mass is 337 g/mol. The van der Waals surface area contributed by atoms with Crippen molar-refractivity contribution in [1.82, 2.24) is 9.97 Å². The van der Waals surface area contributed by atoms with E-state index in [9.17, 15) is 8.42 Å². The third-order valence-electron chi connectivity index (χ3n) is 2.78. The predicted molar refractivity (Wildman–Crippen MR) is 85.3 cm³/mol. The van der Waals surface area contributed by atoms with Gasteiger partial charge in [0.1, 0.15) is 18.0 Å². The molecule has 23 heavy (non-hydrogen) atoms. The number of nitrogens with two attached hydrogens (primary N) is 1. The number of benzene rings is 2. The molecule has 0 amide bonds. The van der Waals surface area contributed by atoms with Crippen LogP contribution in [-0.4, -0.2) is 36.8 Å². The van der Waals surface area contributed by atoms with Crippen LogP contribution in [0.4, 0.5) is 0 Å². The van der Waals surface area contributed by atoms with E-state index in [1.165, 1.54) is 0 Å². The van der Waals surface area contributed by atoms with Crippen LogP contribution in [0.3, 0.4) is 0 Å². The van der Waals surface area contributed by atoms with Crippen molar-refractivity contribution in [2.45, 2.75) is 0 Å². The number of rotatable bonds is 3. The Kier molecular flexibility index (Phi) is 5.40. The van der Waals surface area contributed by atoms with Crippen LogP contribution in [0.2, 0.25) is 0 Å². The summed E-state index contributed by atoms with van der Waals surface area (Å²) < 4.78 is 35.1. The summed E-state index contributed by atoms with van der Waals surface area (Å²) in [5, 5.41) is 0. The first-order valence-electron chi connectivity index (χ1n) is 6.46. The zero-order valence-corrected chi connectivity index (χ0v) is 13.0. The number of para-hydroxylation sites is 3. The van der Waals surface area contributed by atoms with E-state index in [-0.39, 0.29) is 6.73 Å². The van der Waals surface area contributed by atoms with Gasteiger partial charge >= 0.3 is 10.4 Å². The molecule has 9 heteroatoms. The Balaban J connectivity index is 0.000000277. The van der Waals surface area contributed by atoms with Gasteiger partial charge in [-0.05, 0) is 24.3 Å². The molecule has 1 heterocycles. The van der Waals surface area contributed by atoms with Crippen LogP contribution < -0.4 is 10.5 Å². The summed E-state index contributed by atoms with van der Waals surface area (Å²) in [5.41, 5.74) is 8.69. The molecule has 2 aromatic carbocycles. The molecule has 0 unspecified atom stereocenters. The number of hydrogen-bond donors (Lipinski definition) is 2. The third kappa shape index (κ3) is 4.57. The van der Waals surface area contributed by atoms with Crippen molar-refractivity contribution >= 4 is 32.5 Å². The Labute approximate surface area is 132 Å². The minimum absolute atomic E-state index is 0.133. The van der Waals surface area contributed by atoms with Crippen molar-refractivity contribution in [1.29, 1.82) is 0 Å². The van der Waals surface area contributed by atoms with Crippen molar-refractivity contribution in [2.24, 2.45) is 5.73 Å². The lowest BCUT2D eigenvalue weighted by Gasteiger charge is -2.06. The fraction of sp³-hybridized carbons (Fsp3) is 0.143. The molecule has 3 rings (SSSR count). The van der Waals surface area contributed by atoms with Crippen LogP contribution >= 0.6 is 0 Å².